The maximum absolute atomic E-state index is 3.89. The van der Waals surface area contributed by atoms with Crippen molar-refractivity contribution in [2.45, 2.75) is 52.0 Å². The van der Waals surface area contributed by atoms with Crippen LogP contribution in [-0.2, 0) is 0 Å². The van der Waals surface area contributed by atoms with Crippen LogP contribution in [0.25, 0.3) is 0 Å². The lowest BCUT2D eigenvalue weighted by Crippen LogP contribution is -2.30. The van der Waals surface area contributed by atoms with E-state index in [-0.39, 0.29) is 0 Å². The number of unbranched alkanes of at least 4 members (excludes halogenated alkanes) is 3. The topological polar surface area (TPSA) is 12.0 Å². The lowest BCUT2D eigenvalue weighted by Gasteiger charge is -2.24. The highest BCUT2D eigenvalue weighted by Gasteiger charge is 2.15. The van der Waals surface area contributed by atoms with Crippen LogP contribution in [-0.4, -0.2) is 6.04 Å². The summed E-state index contributed by atoms with van der Waals surface area (Å²) in [6, 6.07) is 22.3. The van der Waals surface area contributed by atoms with E-state index in [0.29, 0.717) is 6.04 Å². The van der Waals surface area contributed by atoms with E-state index in [9.17, 15) is 0 Å². The number of hydrogen-bond acceptors (Lipinski definition) is 1. The second-order valence-corrected chi connectivity index (χ2v) is 7.85. The number of rotatable bonds is 9. The zero-order valence-electron chi connectivity index (χ0n) is 13.8. The minimum atomic E-state index is -0.465. The van der Waals surface area contributed by atoms with Gasteiger partial charge in [0, 0.05) is 14.1 Å². The first-order valence-corrected chi connectivity index (χ1v) is 9.82. The Labute approximate surface area is 137 Å². The van der Waals surface area contributed by atoms with E-state index >= 15 is 0 Å². The van der Waals surface area contributed by atoms with Gasteiger partial charge < -0.3 is 0 Å². The van der Waals surface area contributed by atoms with E-state index in [1.807, 2.05) is 0 Å². The summed E-state index contributed by atoms with van der Waals surface area (Å²) in [6.07, 6.45) is 6.62. The first-order chi connectivity index (χ1) is 10.8. The fourth-order valence-electron chi connectivity index (χ4n) is 2.61. The zero-order chi connectivity index (χ0) is 15.6. The van der Waals surface area contributed by atoms with Crippen LogP contribution in [0, 0.1) is 0 Å². The van der Waals surface area contributed by atoms with Crippen molar-refractivity contribution in [1.29, 1.82) is 0 Å². The Morgan fingerprint density at radius 1 is 0.818 bits per heavy atom. The van der Waals surface area contributed by atoms with E-state index in [1.165, 1.54) is 42.7 Å². The molecule has 0 saturated heterocycles. The fraction of sp³-hybridized carbons (Fsp3) is 0.400. The molecule has 0 aliphatic carbocycles. The fourth-order valence-corrected chi connectivity index (χ4v) is 4.72. The summed E-state index contributed by atoms with van der Waals surface area (Å²) >= 11 is 0. The lowest BCUT2D eigenvalue weighted by atomic mass is 10.1. The summed E-state index contributed by atoms with van der Waals surface area (Å²) in [5, 5.41) is 6.70. The van der Waals surface area contributed by atoms with Crippen molar-refractivity contribution in [1.82, 2.24) is 5.09 Å². The minimum absolute atomic E-state index is 0.465. The van der Waals surface area contributed by atoms with E-state index in [4.69, 9.17) is 0 Å². The SMILES string of the molecule is CCCCCC[C@H](C)NP(c1ccccc1)c1ccccc1. The third-order valence-electron chi connectivity index (χ3n) is 3.87. The van der Waals surface area contributed by atoms with Gasteiger partial charge in [-0.2, -0.15) is 0 Å². The quantitative estimate of drug-likeness (QED) is 0.508. The van der Waals surface area contributed by atoms with Gasteiger partial charge in [0.1, 0.15) is 0 Å². The second-order valence-electron chi connectivity index (χ2n) is 5.89. The first kappa shape index (κ1) is 17.2. The lowest BCUT2D eigenvalue weighted by molar-refractivity contribution is 0.554. The molecular formula is C20H28NP. The predicted octanol–water partition coefficient (Wildman–Crippen LogP) is 4.98. The molecule has 0 unspecified atom stereocenters. The summed E-state index contributed by atoms with van der Waals surface area (Å²) in [6.45, 7) is 4.60. The van der Waals surface area contributed by atoms with Crippen LogP contribution in [0.2, 0.25) is 0 Å². The van der Waals surface area contributed by atoms with Crippen LogP contribution in [0.15, 0.2) is 60.7 Å². The van der Waals surface area contributed by atoms with Gasteiger partial charge in [-0.05, 0) is 24.0 Å². The maximum Gasteiger partial charge on any atom is 0.0255 e. The summed E-state index contributed by atoms with van der Waals surface area (Å²) in [4.78, 5) is 0. The molecule has 0 heterocycles. The molecular weight excluding hydrogens is 285 g/mol. The van der Waals surface area contributed by atoms with Crippen LogP contribution in [0.4, 0.5) is 0 Å². The second kappa shape index (κ2) is 9.77. The van der Waals surface area contributed by atoms with Gasteiger partial charge in [0.05, 0.1) is 0 Å². The third-order valence-corrected chi connectivity index (χ3v) is 6.20. The summed E-state index contributed by atoms with van der Waals surface area (Å²) in [5.41, 5.74) is 0. The Morgan fingerprint density at radius 3 is 1.86 bits per heavy atom. The molecule has 0 radical (unpaired) electrons. The summed E-state index contributed by atoms with van der Waals surface area (Å²) in [7, 11) is -0.465. The summed E-state index contributed by atoms with van der Waals surface area (Å²) < 4.78 is 0. The van der Waals surface area contributed by atoms with Crippen LogP contribution in [0.1, 0.15) is 46.0 Å². The van der Waals surface area contributed by atoms with Gasteiger partial charge in [-0.1, -0.05) is 93.3 Å². The van der Waals surface area contributed by atoms with Gasteiger partial charge in [-0.3, -0.25) is 5.09 Å². The molecule has 0 aliphatic heterocycles. The molecule has 0 aromatic heterocycles. The maximum atomic E-state index is 3.89. The van der Waals surface area contributed by atoms with Crippen molar-refractivity contribution < 1.29 is 0 Å². The van der Waals surface area contributed by atoms with Crippen molar-refractivity contribution >= 4 is 18.7 Å². The molecule has 0 fully saturated rings. The van der Waals surface area contributed by atoms with Gasteiger partial charge in [0.25, 0.3) is 0 Å². The Hall–Kier alpha value is -1.17. The average Bonchev–Trinajstić information content (AvgIpc) is 2.58. The van der Waals surface area contributed by atoms with Crippen LogP contribution < -0.4 is 15.7 Å². The summed E-state index contributed by atoms with van der Waals surface area (Å²) in [5.74, 6) is 0. The Balaban J connectivity index is 2.03. The molecule has 1 atom stereocenters. The number of benzene rings is 2. The molecule has 22 heavy (non-hydrogen) atoms. The van der Waals surface area contributed by atoms with Crippen LogP contribution in [0.3, 0.4) is 0 Å². The highest BCUT2D eigenvalue weighted by molar-refractivity contribution is 7.71. The van der Waals surface area contributed by atoms with E-state index in [1.54, 1.807) is 0 Å². The molecule has 1 nitrogen and oxygen atoms in total. The van der Waals surface area contributed by atoms with Gasteiger partial charge in [-0.15, -0.1) is 0 Å². The predicted molar refractivity (Wildman–Crippen MR) is 100 cm³/mol. The Morgan fingerprint density at radius 2 is 1.36 bits per heavy atom. The third kappa shape index (κ3) is 5.55. The largest absolute Gasteiger partial charge is 0.286 e. The van der Waals surface area contributed by atoms with Gasteiger partial charge in [-0.25, -0.2) is 0 Å². The van der Waals surface area contributed by atoms with Crippen LogP contribution in [0.5, 0.6) is 0 Å². The van der Waals surface area contributed by atoms with Crippen molar-refractivity contribution in [3.05, 3.63) is 60.7 Å². The highest BCUT2D eigenvalue weighted by atomic mass is 31.1. The van der Waals surface area contributed by atoms with E-state index in [2.05, 4.69) is 79.6 Å². The minimum Gasteiger partial charge on any atom is -0.286 e. The molecule has 0 saturated carbocycles. The molecule has 2 heteroatoms. The molecule has 2 rings (SSSR count). The Kier molecular flexibility index (Phi) is 7.63. The normalized spacial score (nSPS) is 12.5. The molecule has 0 spiro atoms. The standard InChI is InChI=1S/C20H28NP/c1-3-4-5-8-13-18(2)21-22(19-14-9-6-10-15-19)20-16-11-7-12-17-20/h6-7,9-12,14-18,21H,3-5,8,13H2,1-2H3/t18-/m0/s1. The smallest absolute Gasteiger partial charge is 0.0255 e. The molecule has 118 valence electrons. The molecule has 2 aromatic rings. The van der Waals surface area contributed by atoms with Crippen molar-refractivity contribution in [2.75, 3.05) is 0 Å². The molecule has 0 aliphatic rings. The van der Waals surface area contributed by atoms with Gasteiger partial charge in [0.2, 0.25) is 0 Å². The monoisotopic (exact) mass is 313 g/mol. The van der Waals surface area contributed by atoms with Gasteiger partial charge >= 0.3 is 0 Å². The van der Waals surface area contributed by atoms with E-state index < -0.39 is 8.07 Å². The first-order valence-electron chi connectivity index (χ1n) is 8.47. The Bertz CT molecular complexity index is 472. The van der Waals surface area contributed by atoms with Gasteiger partial charge in [0.15, 0.2) is 0 Å². The molecule has 2 aromatic carbocycles. The number of hydrogen-bond donors (Lipinski definition) is 1. The van der Waals surface area contributed by atoms with Crippen molar-refractivity contribution in [3.8, 4) is 0 Å². The van der Waals surface area contributed by atoms with Crippen molar-refractivity contribution in [2.24, 2.45) is 0 Å². The highest BCUT2D eigenvalue weighted by Crippen LogP contribution is 2.30. The van der Waals surface area contributed by atoms with Crippen molar-refractivity contribution in [3.63, 3.8) is 0 Å². The van der Waals surface area contributed by atoms with E-state index in [0.717, 1.165) is 0 Å². The molecule has 1 N–H and O–H groups in total. The van der Waals surface area contributed by atoms with Crippen LogP contribution >= 0.6 is 8.07 Å². The molecule has 0 bridgehead atoms. The number of nitrogens with one attached hydrogen (secondary N) is 1. The zero-order valence-corrected chi connectivity index (χ0v) is 14.7. The molecule has 0 amide bonds. The average molecular weight is 313 g/mol.